The van der Waals surface area contributed by atoms with E-state index in [-0.39, 0.29) is 0 Å². The van der Waals surface area contributed by atoms with Crippen molar-refractivity contribution in [2.45, 2.75) is 39.3 Å². The molecule has 0 bridgehead atoms. The van der Waals surface area contributed by atoms with Crippen LogP contribution in [0.25, 0.3) is 11.0 Å². The average Bonchev–Trinajstić information content (AvgIpc) is 2.77. The molecule has 0 atom stereocenters. The van der Waals surface area contributed by atoms with Gasteiger partial charge in [0, 0.05) is 24.8 Å². The monoisotopic (exact) mass is 310 g/mol. The summed E-state index contributed by atoms with van der Waals surface area (Å²) < 4.78 is 1.96. The Labute approximate surface area is 128 Å². The molecule has 0 fully saturated rings. The van der Waals surface area contributed by atoms with E-state index in [1.54, 1.807) is 0 Å². The molecule has 2 heterocycles. The van der Waals surface area contributed by atoms with Crippen molar-refractivity contribution < 1.29 is 9.90 Å². The van der Waals surface area contributed by atoms with Crippen LogP contribution in [-0.4, -0.2) is 42.7 Å². The highest BCUT2D eigenvalue weighted by Gasteiger charge is 2.25. The minimum absolute atomic E-state index is 0.411. The van der Waals surface area contributed by atoms with E-state index in [2.05, 4.69) is 9.97 Å². The van der Waals surface area contributed by atoms with Crippen LogP contribution in [0, 0.1) is 0 Å². The molecule has 21 heavy (non-hydrogen) atoms. The van der Waals surface area contributed by atoms with Gasteiger partial charge in [0.05, 0.1) is 5.52 Å². The molecule has 114 valence electrons. The third-order valence-electron chi connectivity index (χ3n) is 3.33. The molecule has 0 aliphatic rings. The Morgan fingerprint density at radius 1 is 1.43 bits per heavy atom. The van der Waals surface area contributed by atoms with Gasteiger partial charge in [-0.15, -0.1) is 0 Å². The van der Waals surface area contributed by atoms with E-state index >= 15 is 0 Å². The van der Waals surface area contributed by atoms with Gasteiger partial charge in [-0.2, -0.15) is 0 Å². The fourth-order valence-corrected chi connectivity index (χ4v) is 2.54. The second kappa shape index (κ2) is 5.89. The third-order valence-corrected chi connectivity index (χ3v) is 3.60. The molecule has 1 amide bonds. The molecule has 0 saturated carbocycles. The third kappa shape index (κ3) is 3.44. The van der Waals surface area contributed by atoms with Gasteiger partial charge in [0.25, 0.3) is 0 Å². The van der Waals surface area contributed by atoms with Crippen LogP contribution in [0.1, 0.15) is 27.2 Å². The van der Waals surface area contributed by atoms with Crippen LogP contribution in [0.3, 0.4) is 0 Å². The number of aryl methyl sites for hydroxylation is 1. The van der Waals surface area contributed by atoms with Crippen molar-refractivity contribution in [3.05, 3.63) is 23.7 Å². The second-order valence-corrected chi connectivity index (χ2v) is 6.22. The topological polar surface area (TPSA) is 71.2 Å². The van der Waals surface area contributed by atoms with E-state index < -0.39 is 11.6 Å². The Morgan fingerprint density at radius 3 is 2.76 bits per heavy atom. The minimum Gasteiger partial charge on any atom is -0.465 e. The van der Waals surface area contributed by atoms with Crippen LogP contribution in [0.15, 0.2) is 18.6 Å². The SMILES string of the molecule is CC(C)(C)N(CCCn1ccc2ncnc(Cl)c21)C(=O)O. The van der Waals surface area contributed by atoms with Crippen LogP contribution in [0.5, 0.6) is 0 Å². The first-order chi connectivity index (χ1) is 9.80. The molecule has 0 saturated heterocycles. The number of carboxylic acid groups (broad SMARTS) is 1. The van der Waals surface area contributed by atoms with Gasteiger partial charge >= 0.3 is 6.09 Å². The number of halogens is 1. The first-order valence-electron chi connectivity index (χ1n) is 6.76. The van der Waals surface area contributed by atoms with Gasteiger partial charge in [-0.05, 0) is 33.3 Å². The minimum atomic E-state index is -0.902. The normalized spacial score (nSPS) is 11.8. The maximum Gasteiger partial charge on any atom is 0.407 e. The number of nitrogens with zero attached hydrogens (tertiary/aromatic N) is 4. The lowest BCUT2D eigenvalue weighted by Crippen LogP contribution is -2.45. The average molecular weight is 311 g/mol. The summed E-state index contributed by atoms with van der Waals surface area (Å²) in [5, 5.41) is 9.67. The van der Waals surface area contributed by atoms with E-state index in [4.69, 9.17) is 11.6 Å². The molecule has 2 aromatic rings. The Bertz CT molecular complexity index is 648. The van der Waals surface area contributed by atoms with Gasteiger partial charge in [0.2, 0.25) is 0 Å². The molecule has 1 N–H and O–H groups in total. The molecule has 0 spiro atoms. The summed E-state index contributed by atoms with van der Waals surface area (Å²) in [7, 11) is 0. The lowest BCUT2D eigenvalue weighted by Gasteiger charge is -2.33. The van der Waals surface area contributed by atoms with Crippen LogP contribution in [-0.2, 0) is 6.54 Å². The molecule has 6 nitrogen and oxygen atoms in total. The van der Waals surface area contributed by atoms with Gasteiger partial charge in [-0.25, -0.2) is 14.8 Å². The van der Waals surface area contributed by atoms with Gasteiger partial charge in [-0.3, -0.25) is 0 Å². The van der Waals surface area contributed by atoms with Crippen molar-refractivity contribution in [1.29, 1.82) is 0 Å². The smallest absolute Gasteiger partial charge is 0.407 e. The summed E-state index contributed by atoms with van der Waals surface area (Å²) >= 11 is 6.09. The van der Waals surface area contributed by atoms with Crippen LogP contribution in [0.2, 0.25) is 5.15 Å². The Balaban J connectivity index is 2.07. The number of hydrogen-bond acceptors (Lipinski definition) is 3. The van der Waals surface area contributed by atoms with E-state index in [9.17, 15) is 9.90 Å². The van der Waals surface area contributed by atoms with E-state index in [1.165, 1.54) is 11.2 Å². The molecule has 2 rings (SSSR count). The molecule has 2 aromatic heterocycles. The van der Waals surface area contributed by atoms with Crippen LogP contribution in [0.4, 0.5) is 4.79 Å². The fraction of sp³-hybridized carbons (Fsp3) is 0.500. The largest absolute Gasteiger partial charge is 0.465 e. The number of carbonyl (C=O) groups is 1. The zero-order valence-corrected chi connectivity index (χ0v) is 13.1. The highest BCUT2D eigenvalue weighted by molar-refractivity contribution is 6.33. The molecular weight excluding hydrogens is 292 g/mol. The summed E-state index contributed by atoms with van der Waals surface area (Å²) in [6, 6.07) is 1.88. The molecule has 0 radical (unpaired) electrons. The zero-order valence-electron chi connectivity index (χ0n) is 12.4. The fourth-order valence-electron chi connectivity index (χ4n) is 2.30. The van der Waals surface area contributed by atoms with E-state index in [0.29, 0.717) is 24.7 Å². The molecular formula is C14H19ClN4O2. The molecule has 0 aliphatic carbocycles. The van der Waals surface area contributed by atoms with Gasteiger partial charge in [-0.1, -0.05) is 11.6 Å². The van der Waals surface area contributed by atoms with Gasteiger partial charge in [0.1, 0.15) is 11.8 Å². The van der Waals surface area contributed by atoms with Gasteiger partial charge < -0.3 is 14.6 Å². The number of rotatable bonds is 4. The highest BCUT2D eigenvalue weighted by Crippen LogP contribution is 2.21. The Kier molecular flexibility index (Phi) is 4.37. The second-order valence-electron chi connectivity index (χ2n) is 5.87. The summed E-state index contributed by atoms with van der Waals surface area (Å²) in [6.45, 7) is 6.78. The van der Waals surface area contributed by atoms with Gasteiger partial charge in [0.15, 0.2) is 5.15 Å². The number of amides is 1. The summed E-state index contributed by atoms with van der Waals surface area (Å²) in [6.07, 6.45) is 3.12. The maximum absolute atomic E-state index is 11.3. The highest BCUT2D eigenvalue weighted by atomic mass is 35.5. The molecule has 0 unspecified atom stereocenters. The predicted molar refractivity (Wildman–Crippen MR) is 81.6 cm³/mol. The summed E-state index contributed by atoms with van der Waals surface area (Å²) in [4.78, 5) is 20.9. The molecule has 0 aliphatic heterocycles. The number of fused-ring (bicyclic) bond motifs is 1. The predicted octanol–water partition coefficient (Wildman–Crippen LogP) is 3.25. The first-order valence-corrected chi connectivity index (χ1v) is 7.14. The Hall–Kier alpha value is -1.82. The summed E-state index contributed by atoms with van der Waals surface area (Å²) in [5.41, 5.74) is 1.17. The molecule has 0 aromatic carbocycles. The van der Waals surface area contributed by atoms with E-state index in [0.717, 1.165) is 11.0 Å². The van der Waals surface area contributed by atoms with E-state index in [1.807, 2.05) is 37.6 Å². The lowest BCUT2D eigenvalue weighted by atomic mass is 10.1. The lowest BCUT2D eigenvalue weighted by molar-refractivity contribution is 0.0987. The Morgan fingerprint density at radius 2 is 2.14 bits per heavy atom. The van der Waals surface area contributed by atoms with Crippen molar-refractivity contribution >= 4 is 28.7 Å². The zero-order chi connectivity index (χ0) is 15.6. The van der Waals surface area contributed by atoms with Crippen LogP contribution >= 0.6 is 11.6 Å². The van der Waals surface area contributed by atoms with Crippen molar-refractivity contribution in [1.82, 2.24) is 19.4 Å². The number of hydrogen-bond donors (Lipinski definition) is 1. The van der Waals surface area contributed by atoms with Crippen molar-refractivity contribution in [3.8, 4) is 0 Å². The maximum atomic E-state index is 11.3. The summed E-state index contributed by atoms with van der Waals surface area (Å²) in [5.74, 6) is 0. The number of aromatic nitrogens is 3. The first kappa shape index (κ1) is 15.6. The quantitative estimate of drug-likeness (QED) is 0.880. The van der Waals surface area contributed by atoms with Crippen LogP contribution < -0.4 is 0 Å². The standard InChI is InChI=1S/C14H19ClN4O2/c1-14(2,3)19(13(20)21)7-4-6-18-8-5-10-11(18)12(15)17-9-16-10/h5,8-9H,4,6-7H2,1-3H3,(H,20,21). The molecule has 7 heteroatoms. The van der Waals surface area contributed by atoms with Crippen molar-refractivity contribution in [2.24, 2.45) is 0 Å². The van der Waals surface area contributed by atoms with Crippen molar-refractivity contribution in [3.63, 3.8) is 0 Å². The van der Waals surface area contributed by atoms with Crippen molar-refractivity contribution in [2.75, 3.05) is 6.54 Å².